The Balaban J connectivity index is 0.000000245. The number of nitrogens with two attached hydrogens (primary N) is 1. The number of carbonyl (C=O) groups is 3. The number of hydrogen-bond acceptors (Lipinski definition) is 7. The first-order valence-electron chi connectivity index (χ1n) is 14.9. The van der Waals surface area contributed by atoms with E-state index in [-0.39, 0.29) is 24.2 Å². The van der Waals surface area contributed by atoms with Gasteiger partial charge in [-0.1, -0.05) is 49.0 Å². The van der Waals surface area contributed by atoms with Crippen molar-refractivity contribution in [2.45, 2.75) is 64.8 Å². The van der Waals surface area contributed by atoms with E-state index >= 15 is 0 Å². The predicted octanol–water partition coefficient (Wildman–Crippen LogP) is 4.15. The monoisotopic (exact) mass is 603 g/mol. The molecule has 1 aromatic heterocycles. The van der Waals surface area contributed by atoms with E-state index in [1.54, 1.807) is 26.3 Å². The van der Waals surface area contributed by atoms with Crippen LogP contribution in [-0.2, 0) is 25.7 Å². The van der Waals surface area contributed by atoms with E-state index in [1.807, 2.05) is 77.2 Å². The molecule has 4 rings (SSSR count). The first-order chi connectivity index (χ1) is 21.0. The lowest BCUT2D eigenvalue weighted by Gasteiger charge is -2.24. The maximum atomic E-state index is 13.1. The van der Waals surface area contributed by atoms with Gasteiger partial charge in [-0.15, -0.1) is 0 Å². The lowest BCUT2D eigenvalue weighted by molar-refractivity contribution is -0.132. The highest BCUT2D eigenvalue weighted by atomic mass is 16.5. The van der Waals surface area contributed by atoms with Crippen molar-refractivity contribution in [3.63, 3.8) is 0 Å². The second-order valence-electron chi connectivity index (χ2n) is 11.2. The molecule has 236 valence electrons. The number of likely N-dealkylation sites (tertiary alicyclic amines) is 1. The fraction of sp³-hybridized carbons (Fsp3) is 0.412. The van der Waals surface area contributed by atoms with Crippen molar-refractivity contribution in [3.8, 4) is 5.75 Å². The molecule has 44 heavy (non-hydrogen) atoms. The lowest BCUT2D eigenvalue weighted by atomic mass is 10.1. The van der Waals surface area contributed by atoms with Crippen molar-refractivity contribution in [2.75, 3.05) is 26.3 Å². The third-order valence-corrected chi connectivity index (χ3v) is 7.06. The fourth-order valence-electron chi connectivity index (χ4n) is 4.54. The summed E-state index contributed by atoms with van der Waals surface area (Å²) in [5.41, 5.74) is 7.37. The number of amides is 2. The largest absolute Gasteiger partial charge is 0.494 e. The zero-order valence-corrected chi connectivity index (χ0v) is 26.2. The van der Waals surface area contributed by atoms with Crippen LogP contribution >= 0.6 is 0 Å². The van der Waals surface area contributed by atoms with E-state index in [9.17, 15) is 14.4 Å². The van der Waals surface area contributed by atoms with Gasteiger partial charge in [-0.3, -0.25) is 14.4 Å². The average molecular weight is 604 g/mol. The number of nitrogens with one attached hydrogen (secondary N) is 1. The van der Waals surface area contributed by atoms with Crippen molar-refractivity contribution < 1.29 is 23.9 Å². The van der Waals surface area contributed by atoms with Gasteiger partial charge in [0.2, 0.25) is 11.8 Å². The van der Waals surface area contributed by atoms with E-state index < -0.39 is 17.6 Å². The van der Waals surface area contributed by atoms with Gasteiger partial charge in [0, 0.05) is 19.3 Å². The molecule has 0 radical (unpaired) electrons. The molecule has 0 bridgehead atoms. The Morgan fingerprint density at radius 3 is 2.30 bits per heavy atom. The van der Waals surface area contributed by atoms with Gasteiger partial charge in [0.05, 0.1) is 37.4 Å². The summed E-state index contributed by atoms with van der Waals surface area (Å²) in [5, 5.41) is 2.60. The maximum absolute atomic E-state index is 13.1. The second kappa shape index (κ2) is 16.5. The summed E-state index contributed by atoms with van der Waals surface area (Å²) in [6, 6.07) is 16.3. The Labute approximate surface area is 260 Å². The minimum Gasteiger partial charge on any atom is -0.494 e. The molecule has 2 aromatic carbocycles. The van der Waals surface area contributed by atoms with Crippen LogP contribution < -0.4 is 15.8 Å². The van der Waals surface area contributed by atoms with Crippen molar-refractivity contribution >= 4 is 23.7 Å². The molecule has 1 aliphatic rings. The number of imidazole rings is 1. The summed E-state index contributed by atoms with van der Waals surface area (Å²) < 4.78 is 12.8. The molecule has 2 heterocycles. The fourth-order valence-corrected chi connectivity index (χ4v) is 4.54. The summed E-state index contributed by atoms with van der Waals surface area (Å²) in [7, 11) is 0. The Morgan fingerprint density at radius 1 is 1.09 bits per heavy atom. The Bertz CT molecular complexity index is 1360. The normalized spacial score (nSPS) is 14.2. The third kappa shape index (κ3) is 10.2. The van der Waals surface area contributed by atoms with Crippen LogP contribution in [0.2, 0.25) is 0 Å². The number of benzene rings is 2. The van der Waals surface area contributed by atoms with Crippen LogP contribution in [0.3, 0.4) is 0 Å². The van der Waals surface area contributed by atoms with Gasteiger partial charge in [-0.25, -0.2) is 4.98 Å². The third-order valence-electron chi connectivity index (χ3n) is 7.06. The highest BCUT2D eigenvalue weighted by molar-refractivity contribution is 5.91. The standard InChI is InChI=1S/C19H23N3O2.C15H22N2O3/c1-3-16-13-22(14-20-16)18(19(23)21-11-5-6-12-21)15-7-9-17(10-8-15)24-4-2;1-11(18)13(17-14(19)15(2,3)16)10-20-9-12-7-5-4-6-8-12/h3,7-10,13-14,18H,1,4-6,11-12H2,2H3;4-8,13H,9-10,16H2,1-3H3,(H,17,19)/t;13-/m.1/s1. The Hall–Kier alpha value is -4.28. The highest BCUT2D eigenvalue weighted by Crippen LogP contribution is 2.26. The first kappa shape index (κ1) is 34.2. The molecule has 10 nitrogen and oxygen atoms in total. The average Bonchev–Trinajstić information content (AvgIpc) is 3.71. The predicted molar refractivity (Wildman–Crippen MR) is 171 cm³/mol. The van der Waals surface area contributed by atoms with Gasteiger partial charge in [0.25, 0.3) is 0 Å². The van der Waals surface area contributed by atoms with Crippen LogP contribution in [0, 0.1) is 0 Å². The van der Waals surface area contributed by atoms with Crippen molar-refractivity contribution in [3.05, 3.63) is 90.5 Å². The number of carbonyl (C=O) groups excluding carboxylic acids is 3. The Morgan fingerprint density at radius 2 is 1.75 bits per heavy atom. The van der Waals surface area contributed by atoms with Gasteiger partial charge in [-0.2, -0.15) is 0 Å². The molecule has 0 aliphatic carbocycles. The molecule has 1 aliphatic heterocycles. The lowest BCUT2D eigenvalue weighted by Crippen LogP contribution is -2.54. The van der Waals surface area contributed by atoms with Crippen molar-refractivity contribution in [1.29, 1.82) is 0 Å². The molecular formula is C34H45N5O5. The molecule has 2 amide bonds. The van der Waals surface area contributed by atoms with Crippen LogP contribution in [0.5, 0.6) is 5.75 Å². The van der Waals surface area contributed by atoms with Crippen LogP contribution in [0.15, 0.2) is 73.7 Å². The number of rotatable bonds is 13. The van der Waals surface area contributed by atoms with E-state index in [1.165, 1.54) is 6.92 Å². The minimum atomic E-state index is -1.02. The molecule has 10 heteroatoms. The topological polar surface area (TPSA) is 129 Å². The van der Waals surface area contributed by atoms with E-state index in [2.05, 4.69) is 16.9 Å². The first-order valence-corrected chi connectivity index (χ1v) is 14.9. The molecule has 1 saturated heterocycles. The number of aromatic nitrogens is 2. The van der Waals surface area contributed by atoms with Crippen LogP contribution in [0.4, 0.5) is 0 Å². The molecule has 3 aromatic rings. The molecule has 3 N–H and O–H groups in total. The summed E-state index contributed by atoms with van der Waals surface area (Å²) in [5.74, 6) is 0.396. The molecular weight excluding hydrogens is 558 g/mol. The van der Waals surface area contributed by atoms with Gasteiger partial charge in [0.15, 0.2) is 5.78 Å². The number of hydrogen-bond donors (Lipinski definition) is 2. The van der Waals surface area contributed by atoms with E-state index in [0.717, 1.165) is 48.5 Å². The van der Waals surface area contributed by atoms with Crippen molar-refractivity contribution in [2.24, 2.45) is 5.73 Å². The summed E-state index contributed by atoms with van der Waals surface area (Å²) >= 11 is 0. The van der Waals surface area contributed by atoms with Gasteiger partial charge >= 0.3 is 0 Å². The number of Topliss-reactive ketones (excluding diaryl/α,β-unsaturated/α-hetero) is 1. The zero-order valence-electron chi connectivity index (χ0n) is 26.2. The molecule has 1 fully saturated rings. The summed E-state index contributed by atoms with van der Waals surface area (Å²) in [6.45, 7) is 13.1. The molecule has 1 unspecified atom stereocenters. The van der Waals surface area contributed by atoms with Crippen LogP contribution in [-0.4, -0.2) is 69.9 Å². The van der Waals surface area contributed by atoms with Crippen molar-refractivity contribution in [1.82, 2.24) is 19.8 Å². The smallest absolute Gasteiger partial charge is 0.250 e. The van der Waals surface area contributed by atoms with Crippen LogP contribution in [0.1, 0.15) is 63.4 Å². The SMILES string of the molecule is C=Cc1cn(C(C(=O)N2CCCC2)c2ccc(OCC)cc2)cn1.CC(=O)[C@@H](COCc1ccccc1)NC(=O)C(C)(C)N. The highest BCUT2D eigenvalue weighted by Gasteiger charge is 2.29. The molecule has 0 saturated carbocycles. The Kier molecular flexibility index (Phi) is 12.9. The zero-order chi connectivity index (χ0) is 32.1. The van der Waals surface area contributed by atoms with Gasteiger partial charge < -0.3 is 30.0 Å². The summed E-state index contributed by atoms with van der Waals surface area (Å²) in [6.07, 6.45) is 7.40. The molecule has 2 atom stereocenters. The second-order valence-corrected chi connectivity index (χ2v) is 11.2. The van der Waals surface area contributed by atoms with E-state index in [4.69, 9.17) is 15.2 Å². The van der Waals surface area contributed by atoms with E-state index in [0.29, 0.717) is 13.2 Å². The molecule has 0 spiro atoms. The maximum Gasteiger partial charge on any atom is 0.250 e. The quantitative estimate of drug-likeness (QED) is 0.300. The van der Waals surface area contributed by atoms with Gasteiger partial charge in [0.1, 0.15) is 17.8 Å². The minimum absolute atomic E-state index is 0.115. The summed E-state index contributed by atoms with van der Waals surface area (Å²) in [4.78, 5) is 42.6. The van der Waals surface area contributed by atoms with Crippen LogP contribution in [0.25, 0.3) is 6.08 Å². The number of nitrogens with zero attached hydrogens (tertiary/aromatic N) is 3. The van der Waals surface area contributed by atoms with Gasteiger partial charge in [-0.05, 0) is 69.9 Å². The number of ether oxygens (including phenoxy) is 2. The number of ketones is 1.